The summed E-state index contributed by atoms with van der Waals surface area (Å²) in [6, 6.07) is 7.12. The number of carboxylic acids is 1. The van der Waals surface area contributed by atoms with Gasteiger partial charge in [0.2, 0.25) is 0 Å². The van der Waals surface area contributed by atoms with E-state index in [4.69, 9.17) is 10.1 Å². The summed E-state index contributed by atoms with van der Waals surface area (Å²) in [7, 11) is 0. The van der Waals surface area contributed by atoms with E-state index in [0.29, 0.717) is 11.5 Å². The topological polar surface area (TPSA) is 95.0 Å². The first kappa shape index (κ1) is 18.3. The lowest BCUT2D eigenvalue weighted by Gasteiger charge is -2.32. The Labute approximate surface area is 163 Å². The van der Waals surface area contributed by atoms with Crippen molar-refractivity contribution in [2.24, 2.45) is 0 Å². The van der Waals surface area contributed by atoms with Crippen molar-refractivity contribution in [3.63, 3.8) is 0 Å². The molecule has 0 aliphatic carbocycles. The number of aromatic amines is 1. The number of aromatic carboxylic acids is 1. The zero-order chi connectivity index (χ0) is 19.5. The number of imidazole rings is 1. The number of aromatic nitrogens is 4. The monoisotopic (exact) mass is 377 g/mol. The standard InChI is InChI=1S/C21H23N5O2/c1-14-9-23-20(24-14)19-11-22-10-18(25-19)17-3-2-8-26(13-17)12-15-4-6-16(7-5-15)21(27)28/h4-7,9-11,17H,2-3,8,12-13H2,1H3,(H,23,24)(H,27,28)/t17-/m0/s1. The van der Waals surface area contributed by atoms with E-state index < -0.39 is 5.97 Å². The van der Waals surface area contributed by atoms with Crippen LogP contribution in [0.25, 0.3) is 11.5 Å². The molecule has 1 aliphatic heterocycles. The number of nitrogens with zero attached hydrogens (tertiary/aromatic N) is 4. The molecule has 0 unspecified atom stereocenters. The van der Waals surface area contributed by atoms with Gasteiger partial charge in [-0.2, -0.15) is 0 Å². The minimum Gasteiger partial charge on any atom is -0.478 e. The number of rotatable bonds is 5. The number of nitrogens with one attached hydrogen (secondary N) is 1. The highest BCUT2D eigenvalue weighted by atomic mass is 16.4. The van der Waals surface area contributed by atoms with Gasteiger partial charge in [0, 0.05) is 37.1 Å². The van der Waals surface area contributed by atoms with Gasteiger partial charge in [-0.15, -0.1) is 0 Å². The van der Waals surface area contributed by atoms with Crippen LogP contribution in [0.2, 0.25) is 0 Å². The van der Waals surface area contributed by atoms with Gasteiger partial charge in [0.25, 0.3) is 0 Å². The largest absolute Gasteiger partial charge is 0.478 e. The molecule has 2 aromatic heterocycles. The summed E-state index contributed by atoms with van der Waals surface area (Å²) in [4.78, 5) is 30.2. The number of H-pyrrole nitrogens is 1. The molecule has 0 saturated carbocycles. The number of likely N-dealkylation sites (tertiary alicyclic amines) is 1. The Morgan fingerprint density at radius 2 is 2.07 bits per heavy atom. The van der Waals surface area contributed by atoms with Gasteiger partial charge in [-0.3, -0.25) is 9.88 Å². The number of aryl methyl sites for hydroxylation is 1. The molecular weight excluding hydrogens is 354 g/mol. The number of hydrogen-bond acceptors (Lipinski definition) is 5. The Morgan fingerprint density at radius 3 is 2.79 bits per heavy atom. The molecular formula is C21H23N5O2. The van der Waals surface area contributed by atoms with Crippen LogP contribution < -0.4 is 0 Å². The minimum atomic E-state index is -0.894. The minimum absolute atomic E-state index is 0.320. The lowest BCUT2D eigenvalue weighted by atomic mass is 9.94. The maximum atomic E-state index is 11.0. The Bertz CT molecular complexity index is 967. The van der Waals surface area contributed by atoms with Gasteiger partial charge >= 0.3 is 5.97 Å². The molecule has 1 aliphatic rings. The molecule has 7 heteroatoms. The summed E-state index contributed by atoms with van der Waals surface area (Å²) < 4.78 is 0. The molecule has 144 valence electrons. The van der Waals surface area contributed by atoms with Crippen LogP contribution in [0.3, 0.4) is 0 Å². The van der Waals surface area contributed by atoms with Crippen molar-refractivity contribution < 1.29 is 9.90 Å². The zero-order valence-corrected chi connectivity index (χ0v) is 15.8. The lowest BCUT2D eigenvalue weighted by molar-refractivity contribution is 0.0697. The van der Waals surface area contributed by atoms with Crippen molar-refractivity contribution in [2.75, 3.05) is 13.1 Å². The van der Waals surface area contributed by atoms with Crippen LogP contribution in [0.4, 0.5) is 0 Å². The average Bonchev–Trinajstić information content (AvgIpc) is 3.15. The van der Waals surface area contributed by atoms with Gasteiger partial charge in [-0.1, -0.05) is 12.1 Å². The van der Waals surface area contributed by atoms with E-state index >= 15 is 0 Å². The highest BCUT2D eigenvalue weighted by Crippen LogP contribution is 2.27. The van der Waals surface area contributed by atoms with Crippen molar-refractivity contribution in [1.29, 1.82) is 0 Å². The van der Waals surface area contributed by atoms with Crippen molar-refractivity contribution in [3.8, 4) is 11.5 Å². The molecule has 2 N–H and O–H groups in total. The third-order valence-electron chi connectivity index (χ3n) is 5.13. The van der Waals surface area contributed by atoms with Crippen LogP contribution in [0.15, 0.2) is 42.9 Å². The molecule has 1 fully saturated rings. The van der Waals surface area contributed by atoms with Crippen LogP contribution in [0.1, 0.15) is 46.1 Å². The molecule has 1 saturated heterocycles. The summed E-state index contributed by atoms with van der Waals surface area (Å²) >= 11 is 0. The van der Waals surface area contributed by atoms with E-state index in [0.717, 1.165) is 60.9 Å². The number of carboxylic acid groups (broad SMARTS) is 1. The summed E-state index contributed by atoms with van der Waals surface area (Å²) in [5.74, 6) is 0.184. The van der Waals surface area contributed by atoms with Gasteiger partial charge in [0.1, 0.15) is 5.69 Å². The first-order valence-electron chi connectivity index (χ1n) is 9.47. The zero-order valence-electron chi connectivity index (χ0n) is 15.8. The SMILES string of the molecule is Cc1cnc(-c2cncc([C@H]3CCCN(Cc4ccc(C(=O)O)cc4)C3)n2)[nH]1. The van der Waals surface area contributed by atoms with Gasteiger partial charge in [0.15, 0.2) is 5.82 Å². The molecule has 0 spiro atoms. The predicted molar refractivity (Wildman–Crippen MR) is 105 cm³/mol. The van der Waals surface area contributed by atoms with Gasteiger partial charge < -0.3 is 10.1 Å². The molecule has 4 rings (SSSR count). The van der Waals surface area contributed by atoms with E-state index in [2.05, 4.69) is 19.9 Å². The first-order chi connectivity index (χ1) is 13.6. The number of carbonyl (C=O) groups is 1. The fourth-order valence-corrected chi connectivity index (χ4v) is 3.69. The summed E-state index contributed by atoms with van der Waals surface area (Å²) in [6.45, 7) is 4.72. The normalized spacial score (nSPS) is 17.5. The van der Waals surface area contributed by atoms with E-state index in [1.165, 1.54) is 0 Å². The molecule has 0 amide bonds. The molecule has 0 bridgehead atoms. The molecule has 3 heterocycles. The van der Waals surface area contributed by atoms with Crippen LogP contribution >= 0.6 is 0 Å². The third kappa shape index (κ3) is 4.09. The summed E-state index contributed by atoms with van der Waals surface area (Å²) in [5.41, 5.74) is 4.21. The van der Waals surface area contributed by atoms with Gasteiger partial charge in [0.05, 0.1) is 17.5 Å². The molecule has 7 nitrogen and oxygen atoms in total. The van der Waals surface area contributed by atoms with E-state index in [1.54, 1.807) is 24.5 Å². The maximum Gasteiger partial charge on any atom is 0.335 e. The fraction of sp³-hybridized carbons (Fsp3) is 0.333. The second kappa shape index (κ2) is 7.90. The Hall–Kier alpha value is -3.06. The Balaban J connectivity index is 1.45. The predicted octanol–water partition coefficient (Wildman–Crippen LogP) is 3.25. The maximum absolute atomic E-state index is 11.0. The lowest BCUT2D eigenvalue weighted by Crippen LogP contribution is -2.34. The number of piperidine rings is 1. The molecule has 1 atom stereocenters. The van der Waals surface area contributed by atoms with E-state index in [-0.39, 0.29) is 0 Å². The third-order valence-corrected chi connectivity index (χ3v) is 5.13. The van der Waals surface area contributed by atoms with Crippen molar-refractivity contribution in [3.05, 3.63) is 65.4 Å². The van der Waals surface area contributed by atoms with Crippen LogP contribution in [-0.4, -0.2) is 49.0 Å². The van der Waals surface area contributed by atoms with Crippen LogP contribution in [0.5, 0.6) is 0 Å². The number of benzene rings is 1. The Kier molecular flexibility index (Phi) is 5.16. The highest BCUT2D eigenvalue weighted by molar-refractivity contribution is 5.87. The van der Waals surface area contributed by atoms with Crippen molar-refractivity contribution in [2.45, 2.75) is 32.2 Å². The van der Waals surface area contributed by atoms with Crippen LogP contribution in [-0.2, 0) is 6.54 Å². The smallest absolute Gasteiger partial charge is 0.335 e. The average molecular weight is 377 g/mol. The number of hydrogen-bond donors (Lipinski definition) is 2. The van der Waals surface area contributed by atoms with Gasteiger partial charge in [-0.25, -0.2) is 14.8 Å². The van der Waals surface area contributed by atoms with Crippen LogP contribution in [0, 0.1) is 6.92 Å². The van der Waals surface area contributed by atoms with Crippen molar-refractivity contribution >= 4 is 5.97 Å². The summed E-state index contributed by atoms with van der Waals surface area (Å²) in [5, 5.41) is 9.03. The van der Waals surface area contributed by atoms with Crippen molar-refractivity contribution in [1.82, 2.24) is 24.8 Å². The molecule has 0 radical (unpaired) electrons. The summed E-state index contributed by atoms with van der Waals surface area (Å²) in [6.07, 6.45) is 7.58. The fourth-order valence-electron chi connectivity index (χ4n) is 3.69. The van der Waals surface area contributed by atoms with Gasteiger partial charge in [-0.05, 0) is 44.0 Å². The van der Waals surface area contributed by atoms with E-state index in [1.807, 2.05) is 25.3 Å². The molecule has 28 heavy (non-hydrogen) atoms. The second-order valence-electron chi connectivity index (χ2n) is 7.32. The molecule has 1 aromatic carbocycles. The molecule has 3 aromatic rings. The quantitative estimate of drug-likeness (QED) is 0.709. The Morgan fingerprint density at radius 1 is 1.25 bits per heavy atom. The second-order valence-corrected chi connectivity index (χ2v) is 7.32. The first-order valence-corrected chi connectivity index (χ1v) is 9.47. The van der Waals surface area contributed by atoms with E-state index in [9.17, 15) is 4.79 Å². The highest BCUT2D eigenvalue weighted by Gasteiger charge is 2.23.